The summed E-state index contributed by atoms with van der Waals surface area (Å²) in [6.07, 6.45) is -1.46. The number of nitrogen functional groups attached to an aromatic ring is 1. The van der Waals surface area contributed by atoms with Gasteiger partial charge in [-0.3, -0.25) is 4.79 Å². The van der Waals surface area contributed by atoms with E-state index in [4.69, 9.17) is 15.5 Å². The van der Waals surface area contributed by atoms with Crippen LogP contribution in [0.4, 0.5) is 5.69 Å². The number of nitrogens with two attached hydrogens (primary N) is 1. The van der Waals surface area contributed by atoms with Crippen LogP contribution in [0, 0.1) is 6.92 Å². The minimum Gasteiger partial charge on any atom is -0.458 e. The quantitative estimate of drug-likeness (QED) is 0.180. The third kappa shape index (κ3) is 3.43. The van der Waals surface area contributed by atoms with Gasteiger partial charge in [-0.1, -0.05) is 44.2 Å². The van der Waals surface area contributed by atoms with Gasteiger partial charge in [-0.25, -0.2) is 9.78 Å². The second-order valence-corrected chi connectivity index (χ2v) is 9.45. The predicted molar refractivity (Wildman–Crippen MR) is 149 cm³/mol. The number of pyridine rings is 2. The molecule has 7 nitrogen and oxygen atoms in total. The van der Waals surface area contributed by atoms with Crippen LogP contribution in [0.15, 0.2) is 65.5 Å². The van der Waals surface area contributed by atoms with E-state index in [1.807, 2.05) is 44.2 Å². The number of esters is 1. The molecule has 0 aliphatic carbocycles. The number of cyclic esters (lactones) is 1. The zero-order valence-corrected chi connectivity index (χ0v) is 21.4. The van der Waals surface area contributed by atoms with Crippen LogP contribution in [-0.4, -0.2) is 20.6 Å². The summed E-state index contributed by atoms with van der Waals surface area (Å²) >= 11 is 0. The van der Waals surface area contributed by atoms with Crippen molar-refractivity contribution in [2.45, 2.75) is 40.0 Å². The van der Waals surface area contributed by atoms with E-state index in [-0.39, 0.29) is 12.2 Å². The first-order valence-corrected chi connectivity index (χ1v) is 12.7. The highest BCUT2D eigenvalue weighted by atomic mass is 16.5. The van der Waals surface area contributed by atoms with E-state index in [9.17, 15) is 14.7 Å². The number of ether oxygens (including phenoxy) is 1. The highest BCUT2D eigenvalue weighted by Crippen LogP contribution is 2.40. The number of aliphatic hydroxyl groups excluding tert-OH is 1. The lowest BCUT2D eigenvalue weighted by Gasteiger charge is -2.21. The molecular weight excluding hydrogens is 478 g/mol. The van der Waals surface area contributed by atoms with Gasteiger partial charge in [-0.15, -0.1) is 0 Å². The molecule has 2 aliphatic heterocycles. The average molecular weight is 506 g/mol. The highest BCUT2D eigenvalue weighted by Gasteiger charge is 2.34. The Bertz CT molecular complexity index is 1840. The number of nitrogens with zero attached hydrogens (tertiary/aromatic N) is 2. The van der Waals surface area contributed by atoms with Gasteiger partial charge in [0, 0.05) is 22.2 Å². The third-order valence-electron chi connectivity index (χ3n) is 7.46. The van der Waals surface area contributed by atoms with E-state index in [2.05, 4.69) is 31.2 Å². The van der Waals surface area contributed by atoms with Crippen LogP contribution >= 0.6 is 0 Å². The van der Waals surface area contributed by atoms with Gasteiger partial charge in [-0.05, 0) is 64.7 Å². The molecule has 7 heteroatoms. The Morgan fingerprint density at radius 3 is 2.45 bits per heavy atom. The zero-order chi connectivity index (χ0) is 26.7. The third-order valence-corrected chi connectivity index (χ3v) is 7.46. The van der Waals surface area contributed by atoms with Crippen molar-refractivity contribution in [1.29, 1.82) is 0 Å². The van der Waals surface area contributed by atoms with Gasteiger partial charge in [0.2, 0.25) is 0 Å². The number of benzene rings is 3. The van der Waals surface area contributed by atoms with Crippen molar-refractivity contribution < 1.29 is 14.6 Å². The SMILES string of the molecule is CC.Cc1c2c(nc3ccc4ccc(-c5ccc(N)cc5)cc4c13)-c1cc3c(c(=O)n1C2)COC(=O)C3O. The maximum atomic E-state index is 13.3. The Morgan fingerprint density at radius 2 is 1.68 bits per heavy atom. The first kappa shape index (κ1) is 23.9. The standard InChI is InChI=1S/C29H21N3O4.C2H6/c1-14-21-12-32-24(11-20-22(28(32)34)13-36-29(35)27(20)33)26(21)31-23-9-6-16-2-3-17(10-19(16)25(14)23)15-4-7-18(30)8-5-15;1-2/h2-11,27,33H,12-13,30H2,1H3;1-2H3. The molecule has 38 heavy (non-hydrogen) atoms. The van der Waals surface area contributed by atoms with Crippen LogP contribution in [0.25, 0.3) is 44.2 Å². The van der Waals surface area contributed by atoms with E-state index < -0.39 is 12.1 Å². The normalized spacial score (nSPS) is 15.4. The fourth-order valence-corrected chi connectivity index (χ4v) is 5.53. The summed E-state index contributed by atoms with van der Waals surface area (Å²) in [6, 6.07) is 20.0. The predicted octanol–water partition coefficient (Wildman–Crippen LogP) is 5.25. The monoisotopic (exact) mass is 505 g/mol. The summed E-state index contributed by atoms with van der Waals surface area (Å²) in [4.78, 5) is 30.2. The first-order chi connectivity index (χ1) is 18.4. The number of fused-ring (bicyclic) bond motifs is 7. The molecule has 0 radical (unpaired) electrons. The molecule has 4 heterocycles. The fraction of sp³-hybridized carbons (Fsp3) is 0.194. The lowest BCUT2D eigenvalue weighted by atomic mass is 9.94. The van der Waals surface area contributed by atoms with Crippen molar-refractivity contribution >= 4 is 33.3 Å². The number of anilines is 1. The summed E-state index contributed by atoms with van der Waals surface area (Å²) in [7, 11) is 0. The number of aryl methyl sites for hydroxylation is 1. The molecule has 3 N–H and O–H groups in total. The van der Waals surface area contributed by atoms with Crippen LogP contribution in [0.2, 0.25) is 0 Å². The number of carbonyl (C=O) groups is 1. The Hall–Kier alpha value is -4.49. The van der Waals surface area contributed by atoms with Crippen LogP contribution in [0.5, 0.6) is 0 Å². The van der Waals surface area contributed by atoms with E-state index in [1.165, 1.54) is 0 Å². The molecule has 3 aromatic carbocycles. The minimum atomic E-state index is -1.46. The van der Waals surface area contributed by atoms with Crippen molar-refractivity contribution in [3.8, 4) is 22.5 Å². The number of hydrogen-bond donors (Lipinski definition) is 2. The van der Waals surface area contributed by atoms with Crippen LogP contribution in [-0.2, 0) is 22.7 Å². The Morgan fingerprint density at radius 1 is 0.974 bits per heavy atom. The van der Waals surface area contributed by atoms with Crippen LogP contribution in [0.3, 0.4) is 0 Å². The first-order valence-electron chi connectivity index (χ1n) is 12.7. The molecule has 0 saturated carbocycles. The molecule has 1 unspecified atom stereocenters. The van der Waals surface area contributed by atoms with Crippen molar-refractivity contribution in [1.82, 2.24) is 9.55 Å². The van der Waals surface area contributed by atoms with Crippen molar-refractivity contribution in [2.75, 3.05) is 5.73 Å². The summed E-state index contributed by atoms with van der Waals surface area (Å²) in [5.41, 5.74) is 13.3. The number of aromatic nitrogens is 2. The smallest absolute Gasteiger partial charge is 0.340 e. The Kier molecular flexibility index (Phi) is 5.54. The average Bonchev–Trinajstić information content (AvgIpc) is 3.31. The second-order valence-electron chi connectivity index (χ2n) is 9.45. The fourth-order valence-electron chi connectivity index (χ4n) is 5.53. The molecule has 1 atom stereocenters. The van der Waals surface area contributed by atoms with Gasteiger partial charge in [0.1, 0.15) is 6.61 Å². The molecule has 5 aromatic rings. The molecule has 7 rings (SSSR count). The molecule has 2 aliphatic rings. The molecular formula is C31H27N3O4. The Balaban J connectivity index is 0.00000129. The second kappa shape index (κ2) is 8.82. The van der Waals surface area contributed by atoms with Gasteiger partial charge >= 0.3 is 5.97 Å². The van der Waals surface area contributed by atoms with E-state index >= 15 is 0 Å². The van der Waals surface area contributed by atoms with Crippen molar-refractivity contribution in [2.24, 2.45) is 0 Å². The zero-order valence-electron chi connectivity index (χ0n) is 21.4. The number of carbonyl (C=O) groups excluding carboxylic acids is 1. The van der Waals surface area contributed by atoms with Gasteiger partial charge in [-0.2, -0.15) is 0 Å². The molecule has 0 bridgehead atoms. The lowest BCUT2D eigenvalue weighted by Crippen LogP contribution is -2.32. The number of rotatable bonds is 1. The van der Waals surface area contributed by atoms with Crippen LogP contribution in [0.1, 0.15) is 42.2 Å². The molecule has 0 spiro atoms. The van der Waals surface area contributed by atoms with Crippen molar-refractivity contribution in [3.05, 3.63) is 93.3 Å². The Labute approximate surface area is 219 Å². The summed E-state index contributed by atoms with van der Waals surface area (Å²) in [5.74, 6) is -0.740. The number of aliphatic hydroxyl groups is 1. The summed E-state index contributed by atoms with van der Waals surface area (Å²) in [5, 5.41) is 13.6. The van der Waals surface area contributed by atoms with Gasteiger partial charge in [0.05, 0.1) is 29.0 Å². The van der Waals surface area contributed by atoms with E-state index in [1.54, 1.807) is 10.6 Å². The minimum absolute atomic E-state index is 0.131. The van der Waals surface area contributed by atoms with Gasteiger partial charge < -0.3 is 20.1 Å². The molecule has 190 valence electrons. The summed E-state index contributed by atoms with van der Waals surface area (Å²) in [6.45, 7) is 6.31. The molecule has 0 amide bonds. The lowest BCUT2D eigenvalue weighted by molar-refractivity contribution is -0.157. The largest absolute Gasteiger partial charge is 0.458 e. The van der Waals surface area contributed by atoms with Gasteiger partial charge in [0.25, 0.3) is 5.56 Å². The summed E-state index contributed by atoms with van der Waals surface area (Å²) < 4.78 is 6.66. The molecule has 2 aromatic heterocycles. The topological polar surface area (TPSA) is 107 Å². The maximum absolute atomic E-state index is 13.3. The number of hydrogen-bond acceptors (Lipinski definition) is 6. The van der Waals surface area contributed by atoms with Crippen molar-refractivity contribution in [3.63, 3.8) is 0 Å². The van der Waals surface area contributed by atoms with E-state index in [0.717, 1.165) is 49.6 Å². The molecule has 0 fully saturated rings. The highest BCUT2D eigenvalue weighted by molar-refractivity contribution is 6.10. The molecule has 0 saturated heterocycles. The maximum Gasteiger partial charge on any atom is 0.340 e. The van der Waals surface area contributed by atoms with Gasteiger partial charge in [0.15, 0.2) is 6.10 Å². The van der Waals surface area contributed by atoms with Crippen LogP contribution < -0.4 is 11.3 Å². The van der Waals surface area contributed by atoms with E-state index in [0.29, 0.717) is 29.1 Å².